The van der Waals surface area contributed by atoms with Crippen LogP contribution in [0.1, 0.15) is 12.8 Å². The van der Waals surface area contributed by atoms with E-state index in [2.05, 4.69) is 10.6 Å². The Morgan fingerprint density at radius 3 is 2.76 bits per heavy atom. The number of urea groups is 1. The number of nitrogens with zero attached hydrogens (tertiary/aromatic N) is 2. The fourth-order valence-corrected chi connectivity index (χ4v) is 4.61. The third-order valence-electron chi connectivity index (χ3n) is 6.22. The second-order valence-corrected chi connectivity index (χ2v) is 8.29. The highest BCUT2D eigenvalue weighted by Gasteiger charge is 2.51. The lowest BCUT2D eigenvalue weighted by atomic mass is 9.74. The van der Waals surface area contributed by atoms with Gasteiger partial charge in [-0.25, -0.2) is 4.79 Å². The van der Waals surface area contributed by atoms with Crippen molar-refractivity contribution in [3.05, 3.63) is 30.5 Å². The largest absolute Gasteiger partial charge is 0.378 e. The normalized spacial score (nSPS) is 25.7. The van der Waals surface area contributed by atoms with Gasteiger partial charge in [0, 0.05) is 42.4 Å². The second-order valence-electron chi connectivity index (χ2n) is 8.29. The molecule has 29 heavy (non-hydrogen) atoms. The molecule has 2 N–H and O–H groups in total. The molecule has 3 saturated heterocycles. The van der Waals surface area contributed by atoms with Crippen molar-refractivity contribution in [1.29, 1.82) is 0 Å². The molecule has 4 aliphatic rings. The van der Waals surface area contributed by atoms with Crippen molar-refractivity contribution >= 4 is 28.5 Å². The zero-order chi connectivity index (χ0) is 19.8. The highest BCUT2D eigenvalue weighted by molar-refractivity contribution is 5.93. The number of aromatic nitrogens is 1. The minimum absolute atomic E-state index is 0.0964. The van der Waals surface area contributed by atoms with Crippen LogP contribution in [0, 0.1) is 5.92 Å². The molecule has 0 unspecified atom stereocenters. The number of carbonyl (C=O) groups excluding carboxylic acids is 2. The van der Waals surface area contributed by atoms with Crippen LogP contribution in [0.25, 0.3) is 10.9 Å². The summed E-state index contributed by atoms with van der Waals surface area (Å²) in [6.07, 6.45) is 4.02. The van der Waals surface area contributed by atoms with Gasteiger partial charge in [0.1, 0.15) is 6.54 Å². The molecular formula is C21H26N4O4. The SMILES string of the molecule is O=C(NCC12CC(CO1)C2)Nc1ccc2c(ccn2CC(=O)N2CCOCC2)c1. The number of nitrogens with one attached hydrogen (secondary N) is 2. The van der Waals surface area contributed by atoms with Gasteiger partial charge in [-0.05, 0) is 43.0 Å². The molecule has 154 valence electrons. The van der Waals surface area contributed by atoms with E-state index < -0.39 is 0 Å². The van der Waals surface area contributed by atoms with Gasteiger partial charge in [-0.1, -0.05) is 0 Å². The first-order chi connectivity index (χ1) is 14.1. The Balaban J connectivity index is 1.19. The van der Waals surface area contributed by atoms with Gasteiger partial charge in [0.25, 0.3) is 0 Å². The molecule has 0 atom stereocenters. The van der Waals surface area contributed by atoms with Crippen LogP contribution in [-0.4, -0.2) is 66.5 Å². The quantitative estimate of drug-likeness (QED) is 0.804. The van der Waals surface area contributed by atoms with E-state index in [0.717, 1.165) is 36.0 Å². The molecule has 1 saturated carbocycles. The molecule has 6 rings (SSSR count). The monoisotopic (exact) mass is 398 g/mol. The molecule has 4 fully saturated rings. The Bertz CT molecular complexity index is 922. The number of morpholine rings is 1. The summed E-state index contributed by atoms with van der Waals surface area (Å²) in [5.74, 6) is 0.778. The molecule has 1 aromatic heterocycles. The number of carbonyl (C=O) groups is 2. The average molecular weight is 398 g/mol. The number of amides is 3. The van der Waals surface area contributed by atoms with E-state index in [-0.39, 0.29) is 17.5 Å². The minimum atomic E-state index is -0.223. The smallest absolute Gasteiger partial charge is 0.319 e. The van der Waals surface area contributed by atoms with Gasteiger partial charge in [0.2, 0.25) is 5.91 Å². The van der Waals surface area contributed by atoms with E-state index in [4.69, 9.17) is 9.47 Å². The van der Waals surface area contributed by atoms with Crippen molar-refractivity contribution < 1.29 is 19.1 Å². The van der Waals surface area contributed by atoms with Gasteiger partial charge in [0.15, 0.2) is 0 Å². The lowest BCUT2D eigenvalue weighted by Crippen LogP contribution is -2.48. The molecule has 2 bridgehead atoms. The maximum Gasteiger partial charge on any atom is 0.319 e. The van der Waals surface area contributed by atoms with Crippen LogP contribution in [0.5, 0.6) is 0 Å². The van der Waals surface area contributed by atoms with Gasteiger partial charge in [0.05, 0.1) is 25.4 Å². The Morgan fingerprint density at radius 1 is 1.17 bits per heavy atom. The molecule has 8 nitrogen and oxygen atoms in total. The van der Waals surface area contributed by atoms with Gasteiger partial charge < -0.3 is 29.6 Å². The molecule has 1 aliphatic carbocycles. The minimum Gasteiger partial charge on any atom is -0.378 e. The van der Waals surface area contributed by atoms with Gasteiger partial charge in [-0.3, -0.25) is 4.79 Å². The number of rotatable bonds is 5. The fourth-order valence-electron chi connectivity index (χ4n) is 4.61. The first-order valence-corrected chi connectivity index (χ1v) is 10.2. The molecule has 3 aliphatic heterocycles. The maximum absolute atomic E-state index is 12.5. The lowest BCUT2D eigenvalue weighted by Gasteiger charge is -2.35. The summed E-state index contributed by atoms with van der Waals surface area (Å²) in [5.41, 5.74) is 1.57. The van der Waals surface area contributed by atoms with Crippen molar-refractivity contribution in [3.8, 4) is 0 Å². The summed E-state index contributed by atoms with van der Waals surface area (Å²) in [7, 11) is 0. The first kappa shape index (κ1) is 18.4. The van der Waals surface area contributed by atoms with E-state index in [9.17, 15) is 9.59 Å². The van der Waals surface area contributed by atoms with Crippen LogP contribution >= 0.6 is 0 Å². The van der Waals surface area contributed by atoms with E-state index in [1.54, 1.807) is 0 Å². The predicted octanol–water partition coefficient (Wildman–Crippen LogP) is 1.80. The number of fused-ring (bicyclic) bond motifs is 2. The highest BCUT2D eigenvalue weighted by Crippen LogP contribution is 2.47. The van der Waals surface area contributed by atoms with Gasteiger partial charge in [-0.15, -0.1) is 0 Å². The van der Waals surface area contributed by atoms with Crippen molar-refractivity contribution in [2.45, 2.75) is 25.0 Å². The van der Waals surface area contributed by atoms with Crippen molar-refractivity contribution in [1.82, 2.24) is 14.8 Å². The summed E-state index contributed by atoms with van der Waals surface area (Å²) >= 11 is 0. The number of anilines is 1. The summed E-state index contributed by atoms with van der Waals surface area (Å²) in [6.45, 7) is 4.18. The Morgan fingerprint density at radius 2 is 2.00 bits per heavy atom. The molecule has 8 heteroatoms. The zero-order valence-electron chi connectivity index (χ0n) is 16.4. The second kappa shape index (κ2) is 7.35. The summed E-state index contributed by atoms with van der Waals surface area (Å²) < 4.78 is 13.0. The predicted molar refractivity (Wildman–Crippen MR) is 108 cm³/mol. The highest BCUT2D eigenvalue weighted by atomic mass is 16.5. The van der Waals surface area contributed by atoms with Crippen LogP contribution in [-0.2, 0) is 20.8 Å². The van der Waals surface area contributed by atoms with Crippen LogP contribution < -0.4 is 10.6 Å². The molecule has 1 aromatic carbocycles. The first-order valence-electron chi connectivity index (χ1n) is 10.2. The number of benzene rings is 1. The Labute approximate surface area is 169 Å². The van der Waals surface area contributed by atoms with Gasteiger partial charge >= 0.3 is 6.03 Å². The van der Waals surface area contributed by atoms with E-state index in [1.807, 2.05) is 39.9 Å². The molecule has 3 amide bonds. The van der Waals surface area contributed by atoms with Crippen molar-refractivity contribution in [2.75, 3.05) is 44.8 Å². The number of hydrogen-bond donors (Lipinski definition) is 2. The molecule has 0 spiro atoms. The summed E-state index contributed by atoms with van der Waals surface area (Å²) in [5, 5.41) is 6.80. The third-order valence-corrected chi connectivity index (χ3v) is 6.22. The topological polar surface area (TPSA) is 84.8 Å². The standard InChI is InChI=1S/C21H26N4O4/c26-19(24-5-7-28-8-6-24)12-25-4-3-16-9-17(1-2-18(16)25)23-20(27)22-14-21-10-15(11-21)13-29-21/h1-4,9,15H,5-8,10-14H2,(H2,22,23,27). The summed E-state index contributed by atoms with van der Waals surface area (Å²) in [4.78, 5) is 26.6. The van der Waals surface area contributed by atoms with Crippen LogP contribution in [0.4, 0.5) is 10.5 Å². The molecule has 4 heterocycles. The molecular weight excluding hydrogens is 372 g/mol. The van der Waals surface area contributed by atoms with E-state index >= 15 is 0 Å². The number of ether oxygens (including phenoxy) is 2. The van der Waals surface area contributed by atoms with Crippen LogP contribution in [0.2, 0.25) is 0 Å². The van der Waals surface area contributed by atoms with Gasteiger partial charge in [-0.2, -0.15) is 0 Å². The molecule has 2 aromatic rings. The Kier molecular flexibility index (Phi) is 4.67. The van der Waals surface area contributed by atoms with E-state index in [1.165, 1.54) is 0 Å². The maximum atomic E-state index is 12.5. The Hall–Kier alpha value is -2.58. The zero-order valence-corrected chi connectivity index (χ0v) is 16.4. The van der Waals surface area contributed by atoms with Crippen molar-refractivity contribution in [2.24, 2.45) is 5.92 Å². The third kappa shape index (κ3) is 3.70. The summed E-state index contributed by atoms with van der Waals surface area (Å²) in [6, 6.07) is 7.47. The van der Waals surface area contributed by atoms with Crippen LogP contribution in [0.15, 0.2) is 30.5 Å². The fraction of sp³-hybridized carbons (Fsp3) is 0.524. The average Bonchev–Trinajstić information content (AvgIpc) is 3.42. The lowest BCUT2D eigenvalue weighted by molar-refractivity contribution is -0.135. The van der Waals surface area contributed by atoms with E-state index in [0.29, 0.717) is 45.3 Å². The number of hydrogen-bond acceptors (Lipinski definition) is 4. The van der Waals surface area contributed by atoms with Crippen LogP contribution in [0.3, 0.4) is 0 Å². The molecule has 0 radical (unpaired) electrons. The van der Waals surface area contributed by atoms with Crippen molar-refractivity contribution in [3.63, 3.8) is 0 Å².